The smallest absolute Gasteiger partial charge is 0.146 e. The summed E-state index contributed by atoms with van der Waals surface area (Å²) in [7, 11) is 0. The van der Waals surface area contributed by atoms with Gasteiger partial charge in [0.25, 0.3) is 0 Å². The first-order chi connectivity index (χ1) is 10.1. The molecule has 0 atom stereocenters. The van der Waals surface area contributed by atoms with Crippen LogP contribution >= 0.6 is 11.6 Å². The number of nitrogens with one attached hydrogen (secondary N) is 1. The largest absolute Gasteiger partial charge is 0.485 e. The van der Waals surface area contributed by atoms with Crippen LogP contribution in [0.1, 0.15) is 32.2 Å². The monoisotopic (exact) mass is 307 g/mol. The van der Waals surface area contributed by atoms with E-state index in [4.69, 9.17) is 16.3 Å². The fourth-order valence-electron chi connectivity index (χ4n) is 2.05. The zero-order valence-electron chi connectivity index (χ0n) is 12.8. The van der Waals surface area contributed by atoms with Gasteiger partial charge in [-0.05, 0) is 25.1 Å². The number of aryl methyl sites for hydroxylation is 1. The summed E-state index contributed by atoms with van der Waals surface area (Å²) in [6, 6.07) is 6.12. The van der Waals surface area contributed by atoms with Crippen LogP contribution in [-0.4, -0.2) is 15.6 Å². The van der Waals surface area contributed by atoms with Gasteiger partial charge < -0.3 is 14.6 Å². The molecule has 1 heterocycles. The van der Waals surface area contributed by atoms with Crippen molar-refractivity contribution < 1.29 is 4.74 Å². The second-order valence-electron chi connectivity index (χ2n) is 5.21. The molecule has 0 aliphatic carbocycles. The number of benzene rings is 1. The van der Waals surface area contributed by atoms with Crippen LogP contribution in [0.2, 0.25) is 5.02 Å². The van der Waals surface area contributed by atoms with E-state index in [1.165, 1.54) is 0 Å². The Labute approximate surface area is 131 Å². The molecule has 0 aliphatic heterocycles. The Bertz CT molecular complexity index is 581. The summed E-state index contributed by atoms with van der Waals surface area (Å²) < 4.78 is 8.00. The van der Waals surface area contributed by atoms with Gasteiger partial charge in [0, 0.05) is 42.1 Å². The molecule has 1 aromatic carbocycles. The predicted molar refractivity (Wildman–Crippen MR) is 85.7 cm³/mol. The summed E-state index contributed by atoms with van der Waals surface area (Å²) in [6.07, 6.45) is 3.76. The lowest BCUT2D eigenvalue weighted by Crippen LogP contribution is -2.22. The van der Waals surface area contributed by atoms with Crippen LogP contribution in [0.15, 0.2) is 30.6 Å². The van der Waals surface area contributed by atoms with Crippen molar-refractivity contribution in [3.05, 3.63) is 47.0 Å². The SMILES string of the molecule is CCn1ccnc1COc1ccc(Cl)cc1CNC(C)C. The predicted octanol–water partition coefficient (Wildman–Crippen LogP) is 3.63. The Morgan fingerprint density at radius 1 is 1.38 bits per heavy atom. The Morgan fingerprint density at radius 3 is 2.90 bits per heavy atom. The molecule has 0 fully saturated rings. The lowest BCUT2D eigenvalue weighted by Gasteiger charge is -2.14. The molecule has 1 N–H and O–H groups in total. The van der Waals surface area contributed by atoms with Gasteiger partial charge in [-0.1, -0.05) is 25.4 Å². The molecule has 1 aromatic heterocycles. The number of aromatic nitrogens is 2. The van der Waals surface area contributed by atoms with E-state index in [0.717, 1.165) is 35.2 Å². The zero-order valence-corrected chi connectivity index (χ0v) is 13.5. The molecule has 2 aromatic rings. The van der Waals surface area contributed by atoms with Crippen molar-refractivity contribution in [1.29, 1.82) is 0 Å². The molecule has 5 heteroatoms. The van der Waals surface area contributed by atoms with Gasteiger partial charge in [-0.25, -0.2) is 4.98 Å². The molecule has 4 nitrogen and oxygen atoms in total. The second-order valence-corrected chi connectivity index (χ2v) is 5.64. The highest BCUT2D eigenvalue weighted by atomic mass is 35.5. The molecule has 2 rings (SSSR count). The topological polar surface area (TPSA) is 39.1 Å². The van der Waals surface area contributed by atoms with Crippen molar-refractivity contribution in [2.24, 2.45) is 0 Å². The molecule has 0 radical (unpaired) electrons. The maximum Gasteiger partial charge on any atom is 0.146 e. The minimum absolute atomic E-state index is 0.413. The first-order valence-corrected chi connectivity index (χ1v) is 7.62. The summed E-state index contributed by atoms with van der Waals surface area (Å²) >= 11 is 6.08. The van der Waals surface area contributed by atoms with Gasteiger partial charge in [0.2, 0.25) is 0 Å². The highest BCUT2D eigenvalue weighted by Crippen LogP contribution is 2.23. The third-order valence-electron chi connectivity index (χ3n) is 3.22. The molecular formula is C16H22ClN3O. The van der Waals surface area contributed by atoms with Crippen molar-refractivity contribution >= 4 is 11.6 Å². The van der Waals surface area contributed by atoms with Gasteiger partial charge in [-0.2, -0.15) is 0 Å². The fraction of sp³-hybridized carbons (Fsp3) is 0.438. The first kappa shape index (κ1) is 15.9. The first-order valence-electron chi connectivity index (χ1n) is 7.24. The molecular weight excluding hydrogens is 286 g/mol. The van der Waals surface area contributed by atoms with Crippen LogP contribution in [-0.2, 0) is 19.7 Å². The number of ether oxygens (including phenoxy) is 1. The van der Waals surface area contributed by atoms with E-state index in [2.05, 4.69) is 35.6 Å². The van der Waals surface area contributed by atoms with Gasteiger partial charge in [0.1, 0.15) is 18.2 Å². The van der Waals surface area contributed by atoms with Crippen LogP contribution in [0, 0.1) is 0 Å². The molecule has 0 unspecified atom stereocenters. The molecule has 0 saturated heterocycles. The Hall–Kier alpha value is -1.52. The minimum atomic E-state index is 0.413. The fourth-order valence-corrected chi connectivity index (χ4v) is 2.25. The summed E-state index contributed by atoms with van der Waals surface area (Å²) in [5, 5.41) is 4.11. The highest BCUT2D eigenvalue weighted by molar-refractivity contribution is 6.30. The van der Waals surface area contributed by atoms with Crippen molar-refractivity contribution in [2.45, 2.75) is 46.5 Å². The average molecular weight is 308 g/mol. The van der Waals surface area contributed by atoms with Gasteiger partial charge in [0.05, 0.1) is 0 Å². The van der Waals surface area contributed by atoms with E-state index in [1.807, 2.05) is 24.4 Å². The van der Waals surface area contributed by atoms with E-state index in [-0.39, 0.29) is 0 Å². The van der Waals surface area contributed by atoms with Gasteiger partial charge in [0.15, 0.2) is 0 Å². The van der Waals surface area contributed by atoms with Gasteiger partial charge >= 0.3 is 0 Å². The van der Waals surface area contributed by atoms with Crippen molar-refractivity contribution in [3.63, 3.8) is 0 Å². The molecule has 0 spiro atoms. The standard InChI is InChI=1S/C16H22ClN3O/c1-4-20-8-7-18-16(20)11-21-15-6-5-14(17)9-13(15)10-19-12(2)3/h5-9,12,19H,4,10-11H2,1-3H3. The van der Waals surface area contributed by atoms with Crippen LogP contribution in [0.25, 0.3) is 0 Å². The molecule has 0 saturated carbocycles. The second kappa shape index (κ2) is 7.48. The highest BCUT2D eigenvalue weighted by Gasteiger charge is 2.08. The molecule has 0 amide bonds. The molecule has 0 bridgehead atoms. The van der Waals surface area contributed by atoms with Crippen LogP contribution in [0.5, 0.6) is 5.75 Å². The number of halogens is 1. The normalized spacial score (nSPS) is 11.1. The maximum atomic E-state index is 6.08. The number of rotatable bonds is 7. The molecule has 0 aliphatic rings. The van der Waals surface area contributed by atoms with Crippen molar-refractivity contribution in [2.75, 3.05) is 0 Å². The Morgan fingerprint density at radius 2 is 2.19 bits per heavy atom. The number of nitrogens with zero attached hydrogens (tertiary/aromatic N) is 2. The summed E-state index contributed by atoms with van der Waals surface area (Å²) in [5.41, 5.74) is 1.06. The maximum absolute atomic E-state index is 6.08. The molecule has 21 heavy (non-hydrogen) atoms. The number of hydrogen-bond donors (Lipinski definition) is 1. The number of hydrogen-bond acceptors (Lipinski definition) is 3. The zero-order chi connectivity index (χ0) is 15.2. The van der Waals surface area contributed by atoms with Crippen LogP contribution in [0.4, 0.5) is 0 Å². The minimum Gasteiger partial charge on any atom is -0.485 e. The summed E-state index contributed by atoms with van der Waals surface area (Å²) in [5.74, 6) is 1.77. The lowest BCUT2D eigenvalue weighted by atomic mass is 10.2. The third kappa shape index (κ3) is 4.48. The van der Waals surface area contributed by atoms with Crippen molar-refractivity contribution in [1.82, 2.24) is 14.9 Å². The third-order valence-corrected chi connectivity index (χ3v) is 3.46. The average Bonchev–Trinajstić information content (AvgIpc) is 2.91. The molecule has 114 valence electrons. The quantitative estimate of drug-likeness (QED) is 0.849. The van der Waals surface area contributed by atoms with Crippen LogP contribution < -0.4 is 10.1 Å². The van der Waals surface area contributed by atoms with Gasteiger partial charge in [-0.15, -0.1) is 0 Å². The Balaban J connectivity index is 2.08. The van der Waals surface area contributed by atoms with E-state index in [0.29, 0.717) is 12.6 Å². The van der Waals surface area contributed by atoms with E-state index in [1.54, 1.807) is 6.20 Å². The lowest BCUT2D eigenvalue weighted by molar-refractivity contribution is 0.286. The summed E-state index contributed by atoms with van der Waals surface area (Å²) in [4.78, 5) is 4.32. The van der Waals surface area contributed by atoms with E-state index < -0.39 is 0 Å². The van der Waals surface area contributed by atoms with E-state index in [9.17, 15) is 0 Å². The van der Waals surface area contributed by atoms with Crippen LogP contribution in [0.3, 0.4) is 0 Å². The summed E-state index contributed by atoms with van der Waals surface area (Å²) in [6.45, 7) is 8.39. The Kier molecular flexibility index (Phi) is 5.65. The number of imidazole rings is 1. The van der Waals surface area contributed by atoms with E-state index >= 15 is 0 Å². The van der Waals surface area contributed by atoms with Crippen molar-refractivity contribution in [3.8, 4) is 5.75 Å². The van der Waals surface area contributed by atoms with Gasteiger partial charge in [-0.3, -0.25) is 0 Å².